The summed E-state index contributed by atoms with van der Waals surface area (Å²) < 4.78 is 21.3. The number of carbonyl (C=O) groups is 2. The molecule has 3 fully saturated rings. The Morgan fingerprint density at radius 3 is 2.62 bits per heavy atom. The van der Waals surface area contributed by atoms with E-state index in [0.717, 1.165) is 26.2 Å². The molecule has 1 aliphatic carbocycles. The van der Waals surface area contributed by atoms with Gasteiger partial charge in [0.15, 0.2) is 5.78 Å². The van der Waals surface area contributed by atoms with Gasteiger partial charge in [0.25, 0.3) is 0 Å². The third kappa shape index (κ3) is 2.75. The van der Waals surface area contributed by atoms with Crippen molar-refractivity contribution in [1.29, 1.82) is 0 Å². The fourth-order valence-corrected chi connectivity index (χ4v) is 4.97. The minimum atomic E-state index is -1.24. The van der Waals surface area contributed by atoms with Gasteiger partial charge in [-0.3, -0.25) is 9.69 Å². The average Bonchev–Trinajstić information content (AvgIpc) is 2.60. The standard InChI is InChI=1S/C18H26FN3O4/c1-10-9-26-17-14-11(16(23)12(18(24)25)8-22(10)14)7-13(19)15(17)21-5-3-20(2)4-6-21/h8,10-11,13-15,17H,3-7,9H2,1-2H3,(H,24,25). The summed E-state index contributed by atoms with van der Waals surface area (Å²) in [4.78, 5) is 30.5. The van der Waals surface area contributed by atoms with Gasteiger partial charge in [0.05, 0.1) is 24.8 Å². The highest BCUT2D eigenvalue weighted by atomic mass is 19.1. The zero-order chi connectivity index (χ0) is 18.6. The summed E-state index contributed by atoms with van der Waals surface area (Å²) in [7, 11) is 2.06. The molecule has 26 heavy (non-hydrogen) atoms. The predicted molar refractivity (Wildman–Crippen MR) is 91.4 cm³/mol. The van der Waals surface area contributed by atoms with Crippen molar-refractivity contribution in [3.05, 3.63) is 11.8 Å². The van der Waals surface area contributed by atoms with Crippen molar-refractivity contribution >= 4 is 11.8 Å². The number of Topliss-reactive ketones (excluding diaryl/α,β-unsaturated/α-hetero) is 1. The van der Waals surface area contributed by atoms with Crippen molar-refractivity contribution < 1.29 is 23.8 Å². The van der Waals surface area contributed by atoms with Crippen LogP contribution in [0.1, 0.15) is 13.3 Å². The summed E-state index contributed by atoms with van der Waals surface area (Å²) >= 11 is 0. The number of hydrogen-bond acceptors (Lipinski definition) is 6. The summed E-state index contributed by atoms with van der Waals surface area (Å²) in [5, 5.41) is 9.38. The summed E-state index contributed by atoms with van der Waals surface area (Å²) in [5.41, 5.74) is -0.232. The van der Waals surface area contributed by atoms with E-state index in [1.165, 1.54) is 6.20 Å². The largest absolute Gasteiger partial charge is 0.478 e. The van der Waals surface area contributed by atoms with Crippen molar-refractivity contribution in [3.8, 4) is 0 Å². The van der Waals surface area contributed by atoms with Crippen LogP contribution in [0, 0.1) is 5.92 Å². The molecule has 0 aromatic rings. The minimum absolute atomic E-state index is 0.0366. The number of nitrogens with zero attached hydrogens (tertiary/aromatic N) is 3. The van der Waals surface area contributed by atoms with E-state index in [0.29, 0.717) is 6.61 Å². The number of rotatable bonds is 2. The molecule has 144 valence electrons. The third-order valence-corrected chi connectivity index (χ3v) is 6.39. The summed E-state index contributed by atoms with van der Waals surface area (Å²) in [6.07, 6.45) is -0.0873. The number of piperazine rings is 1. The zero-order valence-electron chi connectivity index (χ0n) is 15.2. The first-order chi connectivity index (χ1) is 12.4. The molecule has 4 aliphatic rings. The van der Waals surface area contributed by atoms with Gasteiger partial charge in [-0.25, -0.2) is 9.18 Å². The van der Waals surface area contributed by atoms with E-state index in [4.69, 9.17) is 4.74 Å². The van der Waals surface area contributed by atoms with Crippen LogP contribution < -0.4 is 0 Å². The van der Waals surface area contributed by atoms with Crippen molar-refractivity contribution in [2.45, 2.75) is 43.7 Å². The Labute approximate surface area is 152 Å². The van der Waals surface area contributed by atoms with Gasteiger partial charge in [-0.1, -0.05) is 0 Å². The van der Waals surface area contributed by atoms with Crippen LogP contribution in [0.3, 0.4) is 0 Å². The lowest BCUT2D eigenvalue weighted by molar-refractivity contribution is -0.177. The predicted octanol–water partition coefficient (Wildman–Crippen LogP) is -0.0305. The van der Waals surface area contributed by atoms with E-state index >= 15 is 4.39 Å². The Morgan fingerprint density at radius 1 is 1.27 bits per heavy atom. The molecule has 0 aromatic carbocycles. The molecule has 7 nitrogen and oxygen atoms in total. The van der Waals surface area contributed by atoms with Crippen LogP contribution in [0.2, 0.25) is 0 Å². The van der Waals surface area contributed by atoms with E-state index in [1.807, 2.05) is 11.8 Å². The van der Waals surface area contributed by atoms with Crippen LogP contribution in [-0.4, -0.2) is 102 Å². The molecule has 3 aliphatic heterocycles. The number of aliphatic carboxylic acids is 1. The quantitative estimate of drug-likeness (QED) is 0.687. The Morgan fingerprint density at radius 2 is 1.96 bits per heavy atom. The zero-order valence-corrected chi connectivity index (χ0v) is 15.2. The van der Waals surface area contributed by atoms with Crippen molar-refractivity contribution in [3.63, 3.8) is 0 Å². The number of halogens is 1. The Bertz CT molecular complexity index is 634. The maximum atomic E-state index is 15.2. The van der Waals surface area contributed by atoms with Gasteiger partial charge in [0, 0.05) is 44.3 Å². The molecule has 1 saturated carbocycles. The first-order valence-electron chi connectivity index (χ1n) is 9.33. The second-order valence-electron chi connectivity index (χ2n) is 7.98. The summed E-state index contributed by atoms with van der Waals surface area (Å²) in [6, 6.07) is -0.705. The summed E-state index contributed by atoms with van der Waals surface area (Å²) in [6.45, 7) is 5.67. The molecule has 0 aromatic heterocycles. The molecule has 4 rings (SSSR count). The molecular weight excluding hydrogens is 341 g/mol. The Balaban J connectivity index is 1.67. The Hall–Kier alpha value is -1.51. The molecule has 0 bridgehead atoms. The van der Waals surface area contributed by atoms with E-state index in [1.54, 1.807) is 0 Å². The molecular formula is C18H26FN3O4. The van der Waals surface area contributed by atoms with Crippen molar-refractivity contribution in [1.82, 2.24) is 14.7 Å². The molecule has 0 spiro atoms. The molecule has 0 amide bonds. The van der Waals surface area contributed by atoms with Gasteiger partial charge in [-0.15, -0.1) is 0 Å². The number of morpholine rings is 1. The van der Waals surface area contributed by atoms with Crippen LogP contribution in [-0.2, 0) is 14.3 Å². The summed E-state index contributed by atoms with van der Waals surface area (Å²) in [5.74, 6) is -2.35. The molecule has 6 unspecified atom stereocenters. The number of hydrogen-bond donors (Lipinski definition) is 1. The molecule has 3 heterocycles. The highest BCUT2D eigenvalue weighted by Crippen LogP contribution is 2.42. The SMILES string of the molecule is CC1COC2C(N3CCN(C)CC3)C(F)CC3C(=O)C(C(=O)O)=CN1C32. The third-order valence-electron chi connectivity index (χ3n) is 6.39. The van der Waals surface area contributed by atoms with Gasteiger partial charge in [0.2, 0.25) is 0 Å². The van der Waals surface area contributed by atoms with E-state index < -0.39 is 29.9 Å². The van der Waals surface area contributed by atoms with Crippen LogP contribution in [0.25, 0.3) is 0 Å². The maximum absolute atomic E-state index is 15.2. The lowest BCUT2D eigenvalue weighted by Gasteiger charge is -2.57. The molecule has 6 atom stereocenters. The molecule has 8 heteroatoms. The number of ether oxygens (including phenoxy) is 1. The highest BCUT2D eigenvalue weighted by molar-refractivity contribution is 6.18. The van der Waals surface area contributed by atoms with Crippen LogP contribution >= 0.6 is 0 Å². The number of ketones is 1. The van der Waals surface area contributed by atoms with E-state index in [9.17, 15) is 14.7 Å². The number of alkyl halides is 1. The minimum Gasteiger partial charge on any atom is -0.478 e. The van der Waals surface area contributed by atoms with Crippen LogP contribution in [0.5, 0.6) is 0 Å². The van der Waals surface area contributed by atoms with E-state index in [2.05, 4.69) is 16.8 Å². The van der Waals surface area contributed by atoms with Crippen molar-refractivity contribution in [2.75, 3.05) is 39.8 Å². The fourth-order valence-electron chi connectivity index (χ4n) is 4.97. The maximum Gasteiger partial charge on any atom is 0.340 e. The second kappa shape index (κ2) is 6.58. The van der Waals surface area contributed by atoms with Gasteiger partial charge < -0.3 is 19.6 Å². The second-order valence-corrected chi connectivity index (χ2v) is 7.98. The van der Waals surface area contributed by atoms with Gasteiger partial charge in [0.1, 0.15) is 11.7 Å². The monoisotopic (exact) mass is 367 g/mol. The molecule has 1 N–H and O–H groups in total. The number of carboxylic acid groups (broad SMARTS) is 1. The number of carbonyl (C=O) groups excluding carboxylic acids is 1. The topological polar surface area (TPSA) is 73.3 Å². The molecule has 2 saturated heterocycles. The van der Waals surface area contributed by atoms with Gasteiger partial charge >= 0.3 is 5.97 Å². The van der Waals surface area contributed by atoms with Gasteiger partial charge in [-0.05, 0) is 20.4 Å². The lowest BCUT2D eigenvalue weighted by atomic mass is 9.71. The highest BCUT2D eigenvalue weighted by Gasteiger charge is 2.57. The fraction of sp³-hybridized carbons (Fsp3) is 0.778. The Kier molecular flexibility index (Phi) is 4.53. The van der Waals surface area contributed by atoms with Gasteiger partial charge in [-0.2, -0.15) is 0 Å². The first kappa shape index (κ1) is 17.9. The van der Waals surface area contributed by atoms with Crippen LogP contribution in [0.4, 0.5) is 4.39 Å². The number of likely N-dealkylation sites (N-methyl/N-ethyl adjacent to an activating group) is 1. The average molecular weight is 367 g/mol. The lowest BCUT2D eigenvalue weighted by Crippen LogP contribution is -2.71. The van der Waals surface area contributed by atoms with Crippen molar-refractivity contribution in [2.24, 2.45) is 5.92 Å². The first-order valence-corrected chi connectivity index (χ1v) is 9.33. The van der Waals surface area contributed by atoms with Crippen LogP contribution in [0.15, 0.2) is 11.8 Å². The number of carboxylic acids is 1. The smallest absolute Gasteiger partial charge is 0.340 e. The normalized spacial score (nSPS) is 41.6. The molecule has 0 radical (unpaired) electrons. The van der Waals surface area contributed by atoms with E-state index in [-0.39, 0.29) is 30.1 Å².